The molecule has 0 aromatic carbocycles. The van der Waals surface area contributed by atoms with Gasteiger partial charge in [0.15, 0.2) is 69.2 Å². The number of hydrogen-bond donors (Lipinski definition) is 33. The molecule has 11 aliphatic heterocycles. The molecule has 58 nitrogen and oxygen atoms in total. The normalized spacial score (nSPS) is 50.4. The Hall–Kier alpha value is -4.12. The number of aliphatic hydroxyl groups excluding tert-OH is 29. The van der Waals surface area contributed by atoms with Crippen LogP contribution in [-0.4, -0.2) is 569 Å². The van der Waals surface area contributed by atoms with Crippen LogP contribution in [0.4, 0.5) is 0 Å². The van der Waals surface area contributed by atoms with E-state index in [1.807, 2.05) is 0 Å². The fourth-order valence-corrected chi connectivity index (χ4v) is 17.3. The molecule has 0 aromatic heterocycles. The molecule has 0 bridgehead atoms. The monoisotopic (exact) mass is 1930 g/mol. The summed E-state index contributed by atoms with van der Waals surface area (Å²) in [4.78, 5) is 53.4. The zero-order valence-electron chi connectivity index (χ0n) is 71.3. The van der Waals surface area contributed by atoms with E-state index in [2.05, 4.69) is 21.3 Å². The highest BCUT2D eigenvalue weighted by molar-refractivity contribution is 5.74. The fourth-order valence-electron chi connectivity index (χ4n) is 17.3. The first kappa shape index (κ1) is 108. The van der Waals surface area contributed by atoms with Crippen LogP contribution >= 0.6 is 0 Å². The first-order valence-electron chi connectivity index (χ1n) is 42.4. The van der Waals surface area contributed by atoms with E-state index in [0.717, 1.165) is 27.7 Å². The van der Waals surface area contributed by atoms with E-state index in [9.17, 15) is 167 Å². The van der Waals surface area contributed by atoms with Gasteiger partial charge in [-0.3, -0.25) is 19.2 Å². The summed E-state index contributed by atoms with van der Waals surface area (Å²) in [5, 5.41) is 336. The summed E-state index contributed by atoms with van der Waals surface area (Å²) in [5.41, 5.74) is 0. The Kier molecular flexibility index (Phi) is 38.5. The maximum atomic E-state index is 13.8. The molecular formula is C74H124N4O54. The van der Waals surface area contributed by atoms with Crippen molar-refractivity contribution in [3.63, 3.8) is 0 Å². The minimum Gasteiger partial charge on any atom is -0.394 e. The number of nitrogens with one attached hydrogen (secondary N) is 4. The molecule has 58 heteroatoms. The Morgan fingerprint density at radius 3 is 0.924 bits per heavy atom. The van der Waals surface area contributed by atoms with Crippen molar-refractivity contribution < 1.29 is 267 Å². The van der Waals surface area contributed by atoms with Gasteiger partial charge in [0.1, 0.15) is 256 Å². The van der Waals surface area contributed by atoms with Gasteiger partial charge in [0.05, 0.1) is 71.7 Å². The Bertz CT molecular complexity index is 3610. The van der Waals surface area contributed by atoms with Crippen molar-refractivity contribution in [2.75, 3.05) is 59.5 Å². The van der Waals surface area contributed by atoms with Crippen LogP contribution in [0, 0.1) is 0 Å². The first-order valence-corrected chi connectivity index (χ1v) is 42.4. The van der Waals surface area contributed by atoms with Crippen molar-refractivity contribution in [2.45, 2.75) is 379 Å². The minimum absolute atomic E-state index is 0.861. The van der Waals surface area contributed by atoms with E-state index in [0.29, 0.717) is 0 Å². The molecule has 11 saturated heterocycles. The minimum atomic E-state index is -2.69. The highest BCUT2D eigenvalue weighted by atomic mass is 16.8. The van der Waals surface area contributed by atoms with Crippen LogP contribution in [0.1, 0.15) is 41.5 Å². The maximum absolute atomic E-state index is 13.8. The van der Waals surface area contributed by atoms with E-state index in [4.69, 9.17) is 99.5 Å². The van der Waals surface area contributed by atoms with Crippen molar-refractivity contribution in [3.05, 3.63) is 0 Å². The third-order valence-corrected chi connectivity index (χ3v) is 24.5. The van der Waals surface area contributed by atoms with Gasteiger partial charge in [0, 0.05) is 27.7 Å². The van der Waals surface area contributed by atoms with Gasteiger partial charge in [0.2, 0.25) is 23.6 Å². The van der Waals surface area contributed by atoms with Gasteiger partial charge in [-0.2, -0.15) is 0 Å². The van der Waals surface area contributed by atoms with Crippen LogP contribution in [-0.2, 0) is 119 Å². The highest BCUT2D eigenvalue weighted by Crippen LogP contribution is 2.42. The fraction of sp³-hybridized carbons (Fsp3) is 0.946. The predicted molar refractivity (Wildman–Crippen MR) is 406 cm³/mol. The lowest BCUT2D eigenvalue weighted by atomic mass is 9.93. The second kappa shape index (κ2) is 47.0. The number of ether oxygens (including phenoxy) is 21. The highest BCUT2D eigenvalue weighted by Gasteiger charge is 2.63. The SMILES string of the molecule is CC(=O)N[C@H]1[C@H](OC[C@H]2O[C@@H](O[C@H]3[C@H](O)[C@@H](CO)O[C@@H](O[C@H]4[C@@H](O)[C@@H](CO)O[C@@H](O[C@H]5[C@H](O)[C@@H](O)[C@H](O)O[C@@H]5CO)[C@@H]4O)[C@@H]3NC(C)=O)[C@H](O)[C@@H](O[C@@H]3O[C@H](CO)[C@@H](O)[C@H](O[C@@H]4O[C@H](CO)[C@H](O)[C@H](O[C@H]5O[C@H](CO)[C@H](O)[C@H](O)[C@H]5NC(C)=O)[C@H]4O[C@@H]4O[C@@H](C)[C@@H](O)[C@@H](O)[C@@H]4O)[C@H]3NC(C)=O)[C@H]2O)O[C@H](CO)[C@@H](O[C@@H]2O[C@H](CO)[C@H](O)[C@H](O)[C@H]2O[C@@H]2O[C@@H](C)[C@@H](O)[C@@H](O)[C@@H]2O)[C@@H]1O. The van der Waals surface area contributed by atoms with Crippen molar-refractivity contribution >= 4 is 23.6 Å². The Balaban J connectivity index is 0.961. The molecule has 0 saturated carbocycles. The Morgan fingerprint density at radius 1 is 0.212 bits per heavy atom. The summed E-state index contributed by atoms with van der Waals surface area (Å²) in [7, 11) is 0. The van der Waals surface area contributed by atoms with Gasteiger partial charge < -0.3 is 269 Å². The lowest BCUT2D eigenvalue weighted by Crippen LogP contribution is -2.72. The number of hydrogen-bond acceptors (Lipinski definition) is 54. The zero-order chi connectivity index (χ0) is 97.1. The van der Waals surface area contributed by atoms with Gasteiger partial charge in [0.25, 0.3) is 0 Å². The van der Waals surface area contributed by atoms with Gasteiger partial charge in [-0.1, -0.05) is 0 Å². The van der Waals surface area contributed by atoms with Gasteiger partial charge >= 0.3 is 0 Å². The van der Waals surface area contributed by atoms with E-state index < -0.39 is 421 Å². The number of carbonyl (C=O) groups is 4. The quantitative estimate of drug-likeness (QED) is 0.0290. The lowest BCUT2D eigenvalue weighted by molar-refractivity contribution is -0.401. The molecule has 55 atom stereocenters. The molecule has 11 aliphatic rings. The van der Waals surface area contributed by atoms with Crippen molar-refractivity contribution in [2.24, 2.45) is 0 Å². The van der Waals surface area contributed by atoms with E-state index in [1.54, 1.807) is 0 Å². The zero-order valence-corrected chi connectivity index (χ0v) is 71.3. The number of rotatable bonds is 33. The van der Waals surface area contributed by atoms with Crippen LogP contribution in [0.15, 0.2) is 0 Å². The van der Waals surface area contributed by atoms with Gasteiger partial charge in [-0.25, -0.2) is 0 Å². The third kappa shape index (κ3) is 23.5. The van der Waals surface area contributed by atoms with Crippen molar-refractivity contribution in [3.8, 4) is 0 Å². The average Bonchev–Trinajstić information content (AvgIpc) is 0.770. The maximum Gasteiger partial charge on any atom is 0.217 e. The summed E-state index contributed by atoms with van der Waals surface area (Å²) in [6, 6.07) is -8.16. The summed E-state index contributed by atoms with van der Waals surface area (Å²) >= 11 is 0. The summed E-state index contributed by atoms with van der Waals surface area (Å²) in [5.74, 6) is -4.06. The van der Waals surface area contributed by atoms with Crippen LogP contribution < -0.4 is 21.3 Å². The molecule has 764 valence electrons. The molecule has 0 aliphatic carbocycles. The molecule has 0 aromatic rings. The molecular weight excluding hydrogens is 1810 g/mol. The summed E-state index contributed by atoms with van der Waals surface area (Å²) < 4.78 is 126. The van der Waals surface area contributed by atoms with E-state index >= 15 is 0 Å². The average molecular weight is 1930 g/mol. The topological polar surface area (TPSA) is 897 Å². The van der Waals surface area contributed by atoms with Crippen LogP contribution in [0.2, 0.25) is 0 Å². The molecule has 132 heavy (non-hydrogen) atoms. The second-order valence-corrected chi connectivity index (χ2v) is 33.7. The number of amides is 4. The lowest BCUT2D eigenvalue weighted by Gasteiger charge is -2.52. The molecule has 11 fully saturated rings. The van der Waals surface area contributed by atoms with Crippen molar-refractivity contribution in [1.29, 1.82) is 0 Å². The predicted octanol–water partition coefficient (Wildman–Crippen LogP) is -22.3. The largest absolute Gasteiger partial charge is 0.394 e. The van der Waals surface area contributed by atoms with Crippen LogP contribution in [0.5, 0.6) is 0 Å². The summed E-state index contributed by atoms with van der Waals surface area (Å²) in [6.07, 6.45) is -108. The van der Waals surface area contributed by atoms with E-state index in [-0.39, 0.29) is 0 Å². The van der Waals surface area contributed by atoms with E-state index in [1.165, 1.54) is 13.8 Å². The Labute approximate surface area is 748 Å². The molecule has 11 heterocycles. The van der Waals surface area contributed by atoms with Crippen LogP contribution in [0.3, 0.4) is 0 Å². The molecule has 0 radical (unpaired) electrons. The smallest absolute Gasteiger partial charge is 0.217 e. The van der Waals surface area contributed by atoms with Crippen molar-refractivity contribution in [1.82, 2.24) is 21.3 Å². The molecule has 0 unspecified atom stereocenters. The number of carbonyl (C=O) groups excluding carboxylic acids is 4. The van der Waals surface area contributed by atoms with Gasteiger partial charge in [-0.05, 0) is 13.8 Å². The molecule has 0 spiro atoms. The molecule has 33 N–H and O–H groups in total. The standard InChI is InChI=1S/C74H124N4O54/c1-16-35(91)46(102)51(107)69(113-16)131-62-48(104)38(94)23(8-80)120-73(62)125-55-29(14-86)122-65(32(45(55)101)76-19(4)88)112-15-30-43(99)60(54(110)72(123-30)126-57-33(77-20(5)89)67(117-24(9-81)39(57)95)128-59-41(97)26(11-83)119-71(53(59)109)124-56-28(13-85)115-64(111)50(106)49(56)105)129-68-34(78-21(6)90)58(40(96)25(10-82)118-68)127-74-63(132-70-52(108)47(103)36(92)17(2)114-70)61(42(98)27(12-84)121-74)130-66-31(75-18(3)87)44(100)37(93)22(7-79)116-66/h16-17,22-74,79-86,91-111H,7-15H2,1-6H3,(H,75,87)(H,76,88)(H,77,89)(H,78,90)/t16-,17-,22+,23+,24+,25+,26+,27+,28+,29+,30+,31+,32+,33+,34+,35+,36+,37-,38-,39+,40+,41-,42-,43-,44+,45+,46+,47+,48-,49+,50+,51-,52-,53+,54+,55+,56+,57+,58+,59-,60-,61-,62+,63+,64+,65+,66+,67-,68-,69-,70-,71-,72-,73-,74-/m0/s1. The second-order valence-electron chi connectivity index (χ2n) is 33.7. The molecule has 4 amide bonds. The number of aliphatic hydroxyl groups is 29. The first-order chi connectivity index (χ1) is 62.4. The summed E-state index contributed by atoms with van der Waals surface area (Å²) in [6.45, 7) is -4.41. The van der Waals surface area contributed by atoms with Crippen LogP contribution in [0.25, 0.3) is 0 Å². The Morgan fingerprint density at radius 2 is 0.485 bits per heavy atom. The molecule has 11 rings (SSSR count). The van der Waals surface area contributed by atoms with Gasteiger partial charge in [-0.15, -0.1) is 0 Å². The third-order valence-electron chi connectivity index (χ3n) is 24.5.